The van der Waals surface area contributed by atoms with E-state index in [2.05, 4.69) is 24.2 Å². The van der Waals surface area contributed by atoms with Crippen molar-refractivity contribution in [3.63, 3.8) is 0 Å². The Labute approximate surface area is 119 Å². The molecule has 0 spiro atoms. The van der Waals surface area contributed by atoms with Gasteiger partial charge in [0, 0.05) is 19.8 Å². The average Bonchev–Trinajstić information content (AvgIpc) is 2.47. The molecule has 112 valence electrons. The third kappa shape index (κ3) is 5.41. The molecule has 2 atom stereocenters. The highest BCUT2D eigenvalue weighted by atomic mass is 16.5. The van der Waals surface area contributed by atoms with Crippen molar-refractivity contribution >= 4 is 0 Å². The topological polar surface area (TPSA) is 24.5 Å². The molecule has 0 aromatic carbocycles. The third-order valence-electron chi connectivity index (χ3n) is 5.02. The molecule has 0 aliphatic carbocycles. The second-order valence-electron chi connectivity index (χ2n) is 6.69. The Morgan fingerprint density at radius 3 is 2.74 bits per heavy atom. The van der Waals surface area contributed by atoms with Crippen LogP contribution < -0.4 is 5.32 Å². The van der Waals surface area contributed by atoms with E-state index in [1.807, 2.05) is 0 Å². The summed E-state index contributed by atoms with van der Waals surface area (Å²) >= 11 is 0. The summed E-state index contributed by atoms with van der Waals surface area (Å²) in [5, 5.41) is 3.54. The van der Waals surface area contributed by atoms with Gasteiger partial charge < -0.3 is 15.0 Å². The summed E-state index contributed by atoms with van der Waals surface area (Å²) in [6.45, 7) is 9.39. The summed E-state index contributed by atoms with van der Waals surface area (Å²) in [4.78, 5) is 2.54. The highest BCUT2D eigenvalue weighted by Crippen LogP contribution is 2.23. The lowest BCUT2D eigenvalue weighted by Gasteiger charge is -2.31. The second kappa shape index (κ2) is 8.23. The summed E-state index contributed by atoms with van der Waals surface area (Å²) in [5.74, 6) is 2.64. The molecule has 0 saturated carbocycles. The van der Waals surface area contributed by atoms with E-state index in [9.17, 15) is 0 Å². The van der Waals surface area contributed by atoms with Crippen LogP contribution in [0.15, 0.2) is 0 Å². The fraction of sp³-hybridized carbons (Fsp3) is 1.00. The van der Waals surface area contributed by atoms with Gasteiger partial charge in [0.05, 0.1) is 0 Å². The van der Waals surface area contributed by atoms with Gasteiger partial charge in [0.25, 0.3) is 0 Å². The minimum atomic E-state index is 0.866. The summed E-state index contributed by atoms with van der Waals surface area (Å²) in [6.07, 6.45) is 6.66. The molecule has 3 heteroatoms. The maximum absolute atomic E-state index is 5.43. The highest BCUT2D eigenvalue weighted by molar-refractivity contribution is 4.75. The summed E-state index contributed by atoms with van der Waals surface area (Å²) in [6, 6.07) is 0. The minimum Gasteiger partial charge on any atom is -0.381 e. The first-order valence-corrected chi connectivity index (χ1v) is 8.22. The predicted octanol–water partition coefficient (Wildman–Crippen LogP) is 2.37. The first-order valence-electron chi connectivity index (χ1n) is 8.22. The molecule has 2 unspecified atom stereocenters. The molecule has 0 bridgehead atoms. The summed E-state index contributed by atoms with van der Waals surface area (Å²) in [5.41, 5.74) is 0. The van der Waals surface area contributed by atoms with Crippen molar-refractivity contribution < 1.29 is 4.74 Å². The van der Waals surface area contributed by atoms with Crippen LogP contribution in [0.25, 0.3) is 0 Å². The lowest BCUT2D eigenvalue weighted by atomic mass is 9.85. The van der Waals surface area contributed by atoms with Crippen molar-refractivity contribution in [2.24, 2.45) is 17.8 Å². The van der Waals surface area contributed by atoms with E-state index in [0.29, 0.717) is 0 Å². The van der Waals surface area contributed by atoms with Gasteiger partial charge in [-0.2, -0.15) is 0 Å². The van der Waals surface area contributed by atoms with Crippen LogP contribution >= 0.6 is 0 Å². The number of nitrogens with zero attached hydrogens (tertiary/aromatic N) is 1. The van der Waals surface area contributed by atoms with E-state index in [4.69, 9.17) is 4.74 Å². The number of nitrogens with one attached hydrogen (secondary N) is 1. The fourth-order valence-electron chi connectivity index (χ4n) is 3.49. The molecule has 2 saturated heterocycles. The predicted molar refractivity (Wildman–Crippen MR) is 80.4 cm³/mol. The molecule has 0 aromatic rings. The smallest absolute Gasteiger partial charge is 0.0469 e. The molecule has 3 nitrogen and oxygen atoms in total. The fourth-order valence-corrected chi connectivity index (χ4v) is 3.49. The van der Waals surface area contributed by atoms with Crippen LogP contribution in [0.1, 0.15) is 39.0 Å². The van der Waals surface area contributed by atoms with Crippen LogP contribution in [-0.2, 0) is 4.74 Å². The van der Waals surface area contributed by atoms with Crippen LogP contribution in [0.5, 0.6) is 0 Å². The molecule has 2 aliphatic heterocycles. The SMILES string of the molecule is CC(CCN(C)CC1CCOCC1)C1CCCNC1. The van der Waals surface area contributed by atoms with Gasteiger partial charge in [-0.15, -0.1) is 0 Å². The molecule has 2 aliphatic rings. The second-order valence-corrected chi connectivity index (χ2v) is 6.69. The van der Waals surface area contributed by atoms with Crippen LogP contribution in [-0.4, -0.2) is 51.3 Å². The Hall–Kier alpha value is -0.120. The normalized spacial score (nSPS) is 27.6. The molecule has 2 heterocycles. The Balaban J connectivity index is 1.60. The molecular formula is C16H32N2O. The molecule has 1 N–H and O–H groups in total. The van der Waals surface area contributed by atoms with Crippen molar-refractivity contribution in [2.45, 2.75) is 39.0 Å². The van der Waals surface area contributed by atoms with Crippen LogP contribution in [0, 0.1) is 17.8 Å². The molecular weight excluding hydrogens is 236 g/mol. The number of hydrogen-bond acceptors (Lipinski definition) is 3. The molecule has 0 amide bonds. The number of hydrogen-bond donors (Lipinski definition) is 1. The van der Waals surface area contributed by atoms with Crippen LogP contribution in [0.3, 0.4) is 0 Å². The Bertz CT molecular complexity index is 235. The molecule has 2 rings (SSSR count). The van der Waals surface area contributed by atoms with E-state index in [0.717, 1.165) is 31.0 Å². The molecule has 19 heavy (non-hydrogen) atoms. The van der Waals surface area contributed by atoms with Gasteiger partial charge in [-0.05, 0) is 76.5 Å². The lowest BCUT2D eigenvalue weighted by molar-refractivity contribution is 0.0548. The van der Waals surface area contributed by atoms with E-state index in [1.165, 1.54) is 58.3 Å². The zero-order valence-electron chi connectivity index (χ0n) is 12.9. The van der Waals surface area contributed by atoms with E-state index < -0.39 is 0 Å². The van der Waals surface area contributed by atoms with Gasteiger partial charge in [-0.25, -0.2) is 0 Å². The van der Waals surface area contributed by atoms with E-state index >= 15 is 0 Å². The first-order chi connectivity index (χ1) is 9.25. The van der Waals surface area contributed by atoms with Crippen molar-refractivity contribution in [1.82, 2.24) is 10.2 Å². The number of rotatable bonds is 6. The molecule has 2 fully saturated rings. The van der Waals surface area contributed by atoms with Gasteiger partial charge in [0.1, 0.15) is 0 Å². The van der Waals surface area contributed by atoms with Gasteiger partial charge in [0.2, 0.25) is 0 Å². The zero-order chi connectivity index (χ0) is 13.5. The zero-order valence-corrected chi connectivity index (χ0v) is 12.9. The molecule has 0 radical (unpaired) electrons. The van der Waals surface area contributed by atoms with E-state index in [1.54, 1.807) is 0 Å². The van der Waals surface area contributed by atoms with Crippen molar-refractivity contribution in [2.75, 3.05) is 46.4 Å². The number of ether oxygens (including phenoxy) is 1. The third-order valence-corrected chi connectivity index (χ3v) is 5.02. The van der Waals surface area contributed by atoms with Crippen LogP contribution in [0.2, 0.25) is 0 Å². The highest BCUT2D eigenvalue weighted by Gasteiger charge is 2.21. The molecule has 0 aromatic heterocycles. The van der Waals surface area contributed by atoms with Crippen molar-refractivity contribution in [3.05, 3.63) is 0 Å². The first kappa shape index (κ1) is 15.3. The maximum atomic E-state index is 5.43. The maximum Gasteiger partial charge on any atom is 0.0469 e. The van der Waals surface area contributed by atoms with E-state index in [-0.39, 0.29) is 0 Å². The Morgan fingerprint density at radius 1 is 1.26 bits per heavy atom. The van der Waals surface area contributed by atoms with Gasteiger partial charge >= 0.3 is 0 Å². The quantitative estimate of drug-likeness (QED) is 0.800. The summed E-state index contributed by atoms with van der Waals surface area (Å²) < 4.78 is 5.43. The van der Waals surface area contributed by atoms with Crippen LogP contribution in [0.4, 0.5) is 0 Å². The van der Waals surface area contributed by atoms with Crippen molar-refractivity contribution in [1.29, 1.82) is 0 Å². The van der Waals surface area contributed by atoms with Gasteiger partial charge in [-0.1, -0.05) is 6.92 Å². The van der Waals surface area contributed by atoms with Gasteiger partial charge in [-0.3, -0.25) is 0 Å². The monoisotopic (exact) mass is 268 g/mol. The summed E-state index contributed by atoms with van der Waals surface area (Å²) in [7, 11) is 2.29. The number of piperidine rings is 1. The van der Waals surface area contributed by atoms with Gasteiger partial charge in [0.15, 0.2) is 0 Å². The van der Waals surface area contributed by atoms with Crippen molar-refractivity contribution in [3.8, 4) is 0 Å². The minimum absolute atomic E-state index is 0.866. The largest absolute Gasteiger partial charge is 0.381 e. The Kier molecular flexibility index (Phi) is 6.62. The standard InChI is InChI=1S/C16H32N2O/c1-14(16-4-3-8-17-12-16)5-9-18(2)13-15-6-10-19-11-7-15/h14-17H,3-13H2,1-2H3. The lowest BCUT2D eigenvalue weighted by Crippen LogP contribution is -2.35. The Morgan fingerprint density at radius 2 is 2.05 bits per heavy atom. The average molecular weight is 268 g/mol.